The van der Waals surface area contributed by atoms with Crippen molar-refractivity contribution in [3.63, 3.8) is 0 Å². The normalized spacial score (nSPS) is 11.9. The van der Waals surface area contributed by atoms with Gasteiger partial charge in [-0.05, 0) is 33.4 Å². The summed E-state index contributed by atoms with van der Waals surface area (Å²) in [4.78, 5) is 0. The lowest BCUT2D eigenvalue weighted by atomic mass is 9.83. The van der Waals surface area contributed by atoms with Crippen molar-refractivity contribution < 1.29 is 13.6 Å². The van der Waals surface area contributed by atoms with Crippen LogP contribution < -0.4 is 0 Å². The molecule has 4 heteroatoms. The van der Waals surface area contributed by atoms with Gasteiger partial charge in [0.1, 0.15) is 0 Å². The van der Waals surface area contributed by atoms with Crippen LogP contribution in [0.2, 0.25) is 0 Å². The fraction of sp³-hybridized carbons (Fsp3) is 0.182. The maximum atomic E-state index is 14.8. The van der Waals surface area contributed by atoms with Crippen molar-refractivity contribution in [2.75, 3.05) is 0 Å². The third-order valence-corrected chi connectivity index (χ3v) is 10.0. The van der Waals surface area contributed by atoms with Crippen molar-refractivity contribution in [1.29, 1.82) is 0 Å². The molecule has 0 saturated carbocycles. The molecule has 0 aromatic heterocycles. The van der Waals surface area contributed by atoms with E-state index in [9.17, 15) is 4.57 Å². The second-order valence-electron chi connectivity index (χ2n) is 12.8. The Kier molecular flexibility index (Phi) is 11.5. The van der Waals surface area contributed by atoms with Crippen LogP contribution in [0.25, 0.3) is 0 Å². The summed E-state index contributed by atoms with van der Waals surface area (Å²) in [5, 5.41) is 0. The monoisotopic (exact) mass is 650 g/mol. The average molecular weight is 651 g/mol. The molecule has 48 heavy (non-hydrogen) atoms. The van der Waals surface area contributed by atoms with Crippen LogP contribution in [0, 0.1) is 0 Å². The van der Waals surface area contributed by atoms with Gasteiger partial charge < -0.3 is 9.05 Å². The Hall–Kier alpha value is -4.53. The zero-order valence-corrected chi connectivity index (χ0v) is 28.3. The van der Waals surface area contributed by atoms with Crippen molar-refractivity contribution in [2.24, 2.45) is 0 Å². The van der Waals surface area contributed by atoms with Gasteiger partial charge in [0.25, 0.3) is 0 Å². The largest absolute Gasteiger partial charge is 0.320 e. The lowest BCUT2D eigenvalue weighted by Crippen LogP contribution is -2.41. The standard InChI is InChI=1S/C44H43O3P/c45-48(46-43(31-37-19-7-1-8-20-37,32-38-21-9-2-10-22-38)33-39-23-11-3-12-24-39)47-44(34-40-25-13-4-14-26-40,35-41-27-15-5-16-28-41)36-42-29-17-6-18-30-42/h1-30,48H,31-36H2. The number of rotatable bonds is 16. The van der Waals surface area contributed by atoms with Crippen LogP contribution in [0.3, 0.4) is 0 Å². The van der Waals surface area contributed by atoms with Gasteiger partial charge >= 0.3 is 8.25 Å². The molecular weight excluding hydrogens is 607 g/mol. The Bertz CT molecular complexity index is 1470. The molecule has 0 fully saturated rings. The smallest absolute Gasteiger partial charge is 0.303 e. The molecule has 0 amide bonds. The van der Waals surface area contributed by atoms with E-state index in [1.165, 1.54) is 0 Å². The van der Waals surface area contributed by atoms with Crippen LogP contribution in [0.1, 0.15) is 33.4 Å². The van der Waals surface area contributed by atoms with Gasteiger partial charge in [0, 0.05) is 38.5 Å². The van der Waals surface area contributed by atoms with E-state index in [1.807, 2.05) is 36.4 Å². The first kappa shape index (κ1) is 33.4. The molecule has 0 aliphatic heterocycles. The van der Waals surface area contributed by atoms with Gasteiger partial charge in [0.2, 0.25) is 0 Å². The van der Waals surface area contributed by atoms with Gasteiger partial charge in [-0.3, -0.25) is 4.57 Å². The Morgan fingerprint density at radius 2 is 0.479 bits per heavy atom. The lowest BCUT2D eigenvalue weighted by molar-refractivity contribution is 0.0109. The highest BCUT2D eigenvalue weighted by Crippen LogP contribution is 2.44. The third kappa shape index (κ3) is 9.75. The van der Waals surface area contributed by atoms with Gasteiger partial charge in [-0.1, -0.05) is 182 Å². The van der Waals surface area contributed by atoms with Crippen LogP contribution in [0.15, 0.2) is 182 Å². The van der Waals surface area contributed by atoms with Crippen molar-refractivity contribution in [1.82, 2.24) is 0 Å². The van der Waals surface area contributed by atoms with Crippen molar-refractivity contribution in [3.05, 3.63) is 215 Å². The van der Waals surface area contributed by atoms with E-state index in [1.54, 1.807) is 0 Å². The molecule has 6 aromatic carbocycles. The van der Waals surface area contributed by atoms with Crippen LogP contribution in [0.4, 0.5) is 0 Å². The predicted molar refractivity (Wildman–Crippen MR) is 198 cm³/mol. The SMILES string of the molecule is O=[PH](OC(Cc1ccccc1)(Cc1ccccc1)Cc1ccccc1)OC(Cc1ccccc1)(Cc1ccccc1)Cc1ccccc1. The fourth-order valence-corrected chi connectivity index (χ4v) is 7.95. The minimum atomic E-state index is -3.07. The Balaban J connectivity index is 1.41. The maximum absolute atomic E-state index is 14.8. The number of benzene rings is 6. The van der Waals surface area contributed by atoms with E-state index in [2.05, 4.69) is 146 Å². The second-order valence-corrected chi connectivity index (χ2v) is 13.7. The Labute approximate surface area is 286 Å². The van der Waals surface area contributed by atoms with E-state index >= 15 is 0 Å². The molecule has 3 nitrogen and oxygen atoms in total. The van der Waals surface area contributed by atoms with Crippen LogP contribution >= 0.6 is 8.25 Å². The summed E-state index contributed by atoms with van der Waals surface area (Å²) in [6.07, 6.45) is 3.50. The van der Waals surface area contributed by atoms with Gasteiger partial charge in [-0.25, -0.2) is 0 Å². The van der Waals surface area contributed by atoms with Crippen molar-refractivity contribution >= 4 is 8.25 Å². The molecule has 0 spiro atoms. The molecule has 6 rings (SSSR count). The first-order valence-electron chi connectivity index (χ1n) is 16.7. The molecule has 0 N–H and O–H groups in total. The third-order valence-electron chi connectivity index (χ3n) is 8.81. The quantitative estimate of drug-likeness (QED) is 0.0978. The molecule has 0 aliphatic carbocycles. The zero-order chi connectivity index (χ0) is 32.9. The number of hydrogen-bond acceptors (Lipinski definition) is 3. The molecule has 0 atom stereocenters. The van der Waals surface area contributed by atoms with E-state index in [4.69, 9.17) is 9.05 Å². The Morgan fingerprint density at radius 3 is 0.646 bits per heavy atom. The highest BCUT2D eigenvalue weighted by Gasteiger charge is 2.39. The highest BCUT2D eigenvalue weighted by atomic mass is 31.1. The summed E-state index contributed by atoms with van der Waals surface area (Å²) in [5.74, 6) is 0. The molecule has 0 saturated heterocycles. The first-order valence-corrected chi connectivity index (χ1v) is 18.0. The topological polar surface area (TPSA) is 35.5 Å². The summed E-state index contributed by atoms with van der Waals surface area (Å²) in [5.41, 5.74) is 5.13. The minimum Gasteiger partial charge on any atom is -0.303 e. The average Bonchev–Trinajstić information content (AvgIpc) is 3.11. The fourth-order valence-electron chi connectivity index (χ4n) is 6.77. The molecule has 0 unspecified atom stereocenters. The zero-order valence-electron chi connectivity index (χ0n) is 27.3. The van der Waals surface area contributed by atoms with Gasteiger partial charge in [0.05, 0.1) is 11.2 Å². The summed E-state index contributed by atoms with van der Waals surface area (Å²) < 4.78 is 28.6. The van der Waals surface area contributed by atoms with Crippen molar-refractivity contribution in [2.45, 2.75) is 49.7 Å². The molecule has 0 bridgehead atoms. The molecule has 6 aromatic rings. The lowest BCUT2D eigenvalue weighted by Gasteiger charge is -2.38. The number of hydrogen-bond donors (Lipinski definition) is 0. The van der Waals surface area contributed by atoms with Crippen LogP contribution in [-0.2, 0) is 52.1 Å². The summed E-state index contributed by atoms with van der Waals surface area (Å²) in [6, 6.07) is 62.2. The molecule has 0 heterocycles. The predicted octanol–water partition coefficient (Wildman–Crippen LogP) is 10.3. The Morgan fingerprint density at radius 1 is 0.312 bits per heavy atom. The first-order chi connectivity index (χ1) is 23.6. The second kappa shape index (κ2) is 16.5. The molecule has 0 radical (unpaired) electrons. The van der Waals surface area contributed by atoms with E-state index in [-0.39, 0.29) is 0 Å². The van der Waals surface area contributed by atoms with Gasteiger partial charge in [0.15, 0.2) is 0 Å². The van der Waals surface area contributed by atoms with Crippen LogP contribution in [-0.4, -0.2) is 11.2 Å². The van der Waals surface area contributed by atoms with E-state index in [0.717, 1.165) is 33.4 Å². The summed E-state index contributed by atoms with van der Waals surface area (Å²) >= 11 is 0. The molecular formula is C44H43O3P. The summed E-state index contributed by atoms with van der Waals surface area (Å²) in [6.45, 7) is 0. The minimum absolute atomic E-state index is 0.584. The van der Waals surface area contributed by atoms with Gasteiger partial charge in [-0.2, -0.15) is 0 Å². The molecule has 0 aliphatic rings. The van der Waals surface area contributed by atoms with Gasteiger partial charge in [-0.15, -0.1) is 0 Å². The molecule has 242 valence electrons. The van der Waals surface area contributed by atoms with E-state index in [0.29, 0.717) is 38.5 Å². The van der Waals surface area contributed by atoms with E-state index < -0.39 is 19.5 Å². The summed E-state index contributed by atoms with van der Waals surface area (Å²) in [7, 11) is -3.07. The highest BCUT2D eigenvalue weighted by molar-refractivity contribution is 7.33. The maximum Gasteiger partial charge on any atom is 0.320 e. The van der Waals surface area contributed by atoms with Crippen LogP contribution in [0.5, 0.6) is 0 Å². The van der Waals surface area contributed by atoms with Crippen molar-refractivity contribution in [3.8, 4) is 0 Å².